The summed E-state index contributed by atoms with van der Waals surface area (Å²) < 4.78 is 29.6. The SMILES string of the molecule is Cc1ccc(S(=O)(=O)n2ccc3c2ncc2ncc([C@H]4CN(C=O)C[C@H]4C)n23)cc1. The number of aromatic nitrogens is 4. The highest BCUT2D eigenvalue weighted by Gasteiger charge is 2.33. The van der Waals surface area contributed by atoms with Gasteiger partial charge < -0.3 is 4.90 Å². The Bertz CT molecular complexity index is 1370. The van der Waals surface area contributed by atoms with Crippen molar-refractivity contribution in [2.75, 3.05) is 13.1 Å². The fourth-order valence-electron chi connectivity index (χ4n) is 4.30. The van der Waals surface area contributed by atoms with Gasteiger partial charge in [0.2, 0.25) is 6.41 Å². The van der Waals surface area contributed by atoms with E-state index in [1.807, 2.05) is 11.3 Å². The molecule has 0 spiro atoms. The molecule has 1 fully saturated rings. The molecular weight excluding hydrogens is 402 g/mol. The highest BCUT2D eigenvalue weighted by atomic mass is 32.2. The maximum absolute atomic E-state index is 13.2. The lowest BCUT2D eigenvalue weighted by Gasteiger charge is -2.14. The minimum Gasteiger partial charge on any atom is -0.344 e. The van der Waals surface area contributed by atoms with Crippen LogP contribution in [0.1, 0.15) is 24.1 Å². The van der Waals surface area contributed by atoms with E-state index in [1.165, 1.54) is 10.2 Å². The molecule has 2 atom stereocenters. The van der Waals surface area contributed by atoms with Crippen LogP contribution in [0.25, 0.3) is 16.8 Å². The largest absolute Gasteiger partial charge is 0.344 e. The van der Waals surface area contributed by atoms with Gasteiger partial charge in [0.1, 0.15) is 0 Å². The van der Waals surface area contributed by atoms with Crippen molar-refractivity contribution in [3.05, 3.63) is 60.2 Å². The monoisotopic (exact) mass is 423 g/mol. The zero-order chi connectivity index (χ0) is 21.0. The van der Waals surface area contributed by atoms with Gasteiger partial charge >= 0.3 is 0 Å². The highest BCUT2D eigenvalue weighted by Crippen LogP contribution is 2.33. The fourth-order valence-corrected chi connectivity index (χ4v) is 5.60. The number of aryl methyl sites for hydroxylation is 1. The molecule has 1 saturated heterocycles. The van der Waals surface area contributed by atoms with Crippen molar-refractivity contribution in [3.8, 4) is 0 Å². The molecule has 0 unspecified atom stereocenters. The third-order valence-electron chi connectivity index (χ3n) is 5.91. The number of nitrogens with zero attached hydrogens (tertiary/aromatic N) is 5. The third-order valence-corrected chi connectivity index (χ3v) is 7.59. The molecule has 9 heteroatoms. The van der Waals surface area contributed by atoms with Crippen molar-refractivity contribution in [3.63, 3.8) is 0 Å². The van der Waals surface area contributed by atoms with Crippen molar-refractivity contribution < 1.29 is 13.2 Å². The highest BCUT2D eigenvalue weighted by molar-refractivity contribution is 7.90. The second-order valence-electron chi connectivity index (χ2n) is 7.92. The van der Waals surface area contributed by atoms with E-state index >= 15 is 0 Å². The van der Waals surface area contributed by atoms with Crippen LogP contribution in [0.2, 0.25) is 0 Å². The molecule has 0 saturated carbocycles. The van der Waals surface area contributed by atoms with Crippen LogP contribution in [-0.4, -0.2) is 51.2 Å². The number of benzene rings is 1. The van der Waals surface area contributed by atoms with E-state index in [9.17, 15) is 13.2 Å². The van der Waals surface area contributed by atoms with Gasteiger partial charge in [-0.15, -0.1) is 0 Å². The lowest BCUT2D eigenvalue weighted by molar-refractivity contribution is -0.117. The number of imidazole rings is 1. The molecule has 3 aromatic heterocycles. The number of amides is 1. The molecule has 30 heavy (non-hydrogen) atoms. The molecule has 5 rings (SSSR count). The van der Waals surface area contributed by atoms with Crippen molar-refractivity contribution in [1.29, 1.82) is 0 Å². The van der Waals surface area contributed by atoms with E-state index < -0.39 is 10.0 Å². The second-order valence-corrected chi connectivity index (χ2v) is 9.73. The maximum atomic E-state index is 13.2. The summed E-state index contributed by atoms with van der Waals surface area (Å²) in [5.74, 6) is 0.393. The van der Waals surface area contributed by atoms with Crippen molar-refractivity contribution in [2.45, 2.75) is 24.7 Å². The standard InChI is InChI=1S/C21H21N5O3S/c1-14-3-5-16(6-4-14)30(28,29)25-8-7-18-21(25)23-10-20-22-9-19(26(18)20)17-12-24(13-27)11-15(17)2/h3-10,13,15,17H,11-12H2,1-2H3/t15-,17+/m1/s1. The van der Waals surface area contributed by atoms with Crippen molar-refractivity contribution in [2.24, 2.45) is 5.92 Å². The number of carbonyl (C=O) groups is 1. The Balaban J connectivity index is 1.68. The average molecular weight is 423 g/mol. The van der Waals surface area contributed by atoms with Gasteiger partial charge in [0.15, 0.2) is 11.3 Å². The summed E-state index contributed by atoms with van der Waals surface area (Å²) in [6.45, 7) is 5.33. The number of hydrogen-bond donors (Lipinski definition) is 0. The first-order valence-corrected chi connectivity index (χ1v) is 11.2. The lowest BCUT2D eigenvalue weighted by Crippen LogP contribution is -2.18. The summed E-state index contributed by atoms with van der Waals surface area (Å²) >= 11 is 0. The zero-order valence-corrected chi connectivity index (χ0v) is 17.5. The summed E-state index contributed by atoms with van der Waals surface area (Å²) in [5.41, 5.74) is 3.62. The predicted octanol–water partition coefficient (Wildman–Crippen LogP) is 2.42. The van der Waals surface area contributed by atoms with Crippen LogP contribution in [0.5, 0.6) is 0 Å². The van der Waals surface area contributed by atoms with Gasteiger partial charge in [0.05, 0.1) is 16.6 Å². The van der Waals surface area contributed by atoms with Crippen LogP contribution >= 0.6 is 0 Å². The first kappa shape index (κ1) is 18.8. The molecule has 0 radical (unpaired) electrons. The van der Waals surface area contributed by atoms with Gasteiger partial charge in [-0.05, 0) is 31.0 Å². The molecule has 1 amide bonds. The number of fused-ring (bicyclic) bond motifs is 3. The van der Waals surface area contributed by atoms with E-state index in [0.29, 0.717) is 29.9 Å². The summed E-state index contributed by atoms with van der Waals surface area (Å²) in [5, 5.41) is 0. The summed E-state index contributed by atoms with van der Waals surface area (Å²) in [6.07, 6.45) is 5.80. The first-order chi connectivity index (χ1) is 14.4. The van der Waals surface area contributed by atoms with Crippen LogP contribution < -0.4 is 0 Å². The predicted molar refractivity (Wildman–Crippen MR) is 112 cm³/mol. The summed E-state index contributed by atoms with van der Waals surface area (Å²) in [7, 11) is -3.78. The fraction of sp³-hybridized carbons (Fsp3) is 0.286. The molecule has 0 bridgehead atoms. The zero-order valence-electron chi connectivity index (χ0n) is 16.6. The third kappa shape index (κ3) is 2.72. The van der Waals surface area contributed by atoms with Crippen LogP contribution in [0.3, 0.4) is 0 Å². The van der Waals surface area contributed by atoms with Gasteiger partial charge in [-0.25, -0.2) is 22.4 Å². The molecule has 1 aromatic carbocycles. The molecule has 4 heterocycles. The van der Waals surface area contributed by atoms with Crippen LogP contribution in [0, 0.1) is 12.8 Å². The number of hydrogen-bond acceptors (Lipinski definition) is 5. The van der Waals surface area contributed by atoms with Gasteiger partial charge in [-0.2, -0.15) is 0 Å². The Morgan fingerprint density at radius 2 is 1.83 bits per heavy atom. The molecule has 8 nitrogen and oxygen atoms in total. The van der Waals surface area contributed by atoms with Crippen LogP contribution in [0.4, 0.5) is 0 Å². The van der Waals surface area contributed by atoms with E-state index in [4.69, 9.17) is 0 Å². The van der Waals surface area contributed by atoms with Gasteiger partial charge in [-0.1, -0.05) is 24.6 Å². The molecule has 1 aliphatic rings. The molecular formula is C21H21N5O3S. The first-order valence-electron chi connectivity index (χ1n) is 9.75. The molecule has 0 N–H and O–H groups in total. The van der Waals surface area contributed by atoms with Gasteiger partial charge in [-0.3, -0.25) is 9.20 Å². The van der Waals surface area contributed by atoms with E-state index in [0.717, 1.165) is 17.7 Å². The summed E-state index contributed by atoms with van der Waals surface area (Å²) in [6, 6.07) is 8.51. The molecule has 0 aliphatic carbocycles. The smallest absolute Gasteiger partial charge is 0.269 e. The maximum Gasteiger partial charge on any atom is 0.269 e. The van der Waals surface area contributed by atoms with Crippen LogP contribution in [0.15, 0.2) is 53.8 Å². The van der Waals surface area contributed by atoms with Crippen molar-refractivity contribution >= 4 is 33.2 Å². The van der Waals surface area contributed by atoms with E-state index in [1.54, 1.807) is 47.6 Å². The van der Waals surface area contributed by atoms with E-state index in [2.05, 4.69) is 16.9 Å². The Morgan fingerprint density at radius 3 is 2.53 bits per heavy atom. The Morgan fingerprint density at radius 1 is 1.07 bits per heavy atom. The minimum atomic E-state index is -3.78. The van der Waals surface area contributed by atoms with E-state index in [-0.39, 0.29) is 16.7 Å². The minimum absolute atomic E-state index is 0.118. The number of rotatable bonds is 4. The Labute approximate surface area is 173 Å². The molecule has 154 valence electrons. The topological polar surface area (TPSA) is 89.6 Å². The number of carbonyl (C=O) groups excluding carboxylic acids is 1. The Kier molecular flexibility index (Phi) is 4.18. The van der Waals surface area contributed by atoms with Crippen molar-refractivity contribution in [1.82, 2.24) is 23.2 Å². The lowest BCUT2D eigenvalue weighted by atomic mass is 9.95. The molecule has 1 aliphatic heterocycles. The normalized spacial score (nSPS) is 19.7. The van der Waals surface area contributed by atoms with Gasteiger partial charge in [0, 0.05) is 37.1 Å². The quantitative estimate of drug-likeness (QED) is 0.470. The Hall–Kier alpha value is -3.20. The molecule has 4 aromatic rings. The summed E-state index contributed by atoms with van der Waals surface area (Å²) in [4.78, 5) is 22.1. The second kappa shape index (κ2) is 6.66. The van der Waals surface area contributed by atoms with Gasteiger partial charge in [0.25, 0.3) is 10.0 Å². The van der Waals surface area contributed by atoms with Crippen LogP contribution in [-0.2, 0) is 14.8 Å². The average Bonchev–Trinajstić information content (AvgIpc) is 3.43. The number of likely N-dealkylation sites (tertiary alicyclic amines) is 1.